The number of fused-ring (bicyclic) bond motifs is 4. The van der Waals surface area contributed by atoms with Crippen LogP contribution in [-0.4, -0.2) is 47.7 Å². The van der Waals surface area contributed by atoms with Crippen LogP contribution in [0.2, 0.25) is 0 Å². The summed E-state index contributed by atoms with van der Waals surface area (Å²) >= 11 is -0.147. The van der Waals surface area contributed by atoms with Crippen molar-refractivity contribution < 1.29 is 31.9 Å². The molecule has 0 saturated carbocycles. The van der Waals surface area contributed by atoms with Gasteiger partial charge in [-0.15, -0.1) is 0 Å². The summed E-state index contributed by atoms with van der Waals surface area (Å²) in [6, 6.07) is 27.9. The van der Waals surface area contributed by atoms with Gasteiger partial charge in [0.15, 0.2) is 0 Å². The van der Waals surface area contributed by atoms with Crippen LogP contribution < -0.4 is 24.8 Å². The summed E-state index contributed by atoms with van der Waals surface area (Å²) in [4.78, 5) is 13.5. The number of carbonyl (C=O) groups is 1. The fourth-order valence-electron chi connectivity index (χ4n) is 5.21. The Morgan fingerprint density at radius 1 is 1.05 bits per heavy atom. The summed E-state index contributed by atoms with van der Waals surface area (Å²) in [5, 5.41) is 14.0. The molecule has 0 aliphatic carbocycles. The summed E-state index contributed by atoms with van der Waals surface area (Å²) in [5.74, 6) is -0.452. The number of hydrogen-bond acceptors (Lipinski definition) is 8. The first-order valence-corrected chi connectivity index (χ1v) is 17.2. The molecule has 43 heavy (non-hydrogen) atoms. The van der Waals surface area contributed by atoms with Gasteiger partial charge in [0, 0.05) is 0 Å². The van der Waals surface area contributed by atoms with Gasteiger partial charge in [0.25, 0.3) is 0 Å². The van der Waals surface area contributed by atoms with E-state index in [0.29, 0.717) is 36.8 Å². The second-order valence-electron chi connectivity index (χ2n) is 10.0. The normalized spacial score (nSPS) is 14.0. The number of nitrogens with zero attached hydrogens (tertiary/aromatic N) is 2. The first-order chi connectivity index (χ1) is 20.8. The number of benzene rings is 4. The van der Waals surface area contributed by atoms with E-state index in [-0.39, 0.29) is 26.8 Å². The van der Waals surface area contributed by atoms with Crippen LogP contribution in [0.1, 0.15) is 17.9 Å². The molecule has 6 rings (SSSR count). The Hall–Kier alpha value is -3.99. The number of carboxylic acids is 1. The van der Waals surface area contributed by atoms with Crippen LogP contribution in [-0.2, 0) is 25.7 Å². The number of anilines is 1. The zero-order valence-electron chi connectivity index (χ0n) is 23.4. The van der Waals surface area contributed by atoms with Gasteiger partial charge in [-0.3, -0.25) is 0 Å². The quantitative estimate of drug-likeness (QED) is 0.131. The van der Waals surface area contributed by atoms with Crippen LogP contribution in [0.15, 0.2) is 90.8 Å². The third-order valence-corrected chi connectivity index (χ3v) is 10.6. The number of aliphatic carboxylic acids is 1. The molecule has 11 heteroatoms. The first kappa shape index (κ1) is 29.1. The second kappa shape index (κ2) is 12.3. The Balaban J connectivity index is 1.42. The van der Waals surface area contributed by atoms with E-state index in [4.69, 9.17) is 9.02 Å². The molecule has 1 N–H and O–H groups in total. The van der Waals surface area contributed by atoms with Crippen molar-refractivity contribution in [3.63, 3.8) is 0 Å². The molecule has 1 aliphatic rings. The molecule has 0 bridgehead atoms. The fraction of sp³-hybridized carbons (Fsp3) is 0.188. The molecule has 0 atom stereocenters. The van der Waals surface area contributed by atoms with Gasteiger partial charge >= 0.3 is 256 Å². The number of aromatic nitrogens is 1. The van der Waals surface area contributed by atoms with Gasteiger partial charge < -0.3 is 0 Å². The monoisotopic (exact) mass is 663 g/mol. The van der Waals surface area contributed by atoms with Crippen molar-refractivity contribution in [2.24, 2.45) is 0 Å². The number of hydrogen-bond donors (Lipinski definition) is 1. The SMILES string of the molecule is CCNOS(=O)(=O)CCC[n+]1c(C=C2Oc3ccc(-c4ccccc4)cc3N2CC(=O)[O-])[se]c2ccc3ccccc3c21. The maximum absolute atomic E-state index is 12.4. The minimum atomic E-state index is -3.74. The molecule has 5 aromatic rings. The van der Waals surface area contributed by atoms with Crippen molar-refractivity contribution in [3.8, 4) is 16.9 Å². The van der Waals surface area contributed by atoms with E-state index in [1.165, 1.54) is 0 Å². The van der Waals surface area contributed by atoms with E-state index >= 15 is 0 Å². The van der Waals surface area contributed by atoms with Crippen LogP contribution in [0.25, 0.3) is 37.8 Å². The van der Waals surface area contributed by atoms with Gasteiger partial charge in [-0.05, 0) is 0 Å². The van der Waals surface area contributed by atoms with Crippen molar-refractivity contribution in [3.05, 3.63) is 95.4 Å². The summed E-state index contributed by atoms with van der Waals surface area (Å²) in [6.45, 7) is 2.17. The molecule has 0 saturated heterocycles. The number of aryl methyl sites for hydroxylation is 1. The summed E-state index contributed by atoms with van der Waals surface area (Å²) in [5.41, 5.74) is 6.04. The molecule has 2 heterocycles. The third kappa shape index (κ3) is 6.22. The summed E-state index contributed by atoms with van der Waals surface area (Å²) in [6.07, 6.45) is 2.20. The average molecular weight is 663 g/mol. The van der Waals surface area contributed by atoms with Crippen molar-refractivity contribution in [1.29, 1.82) is 0 Å². The van der Waals surface area contributed by atoms with Crippen LogP contribution >= 0.6 is 0 Å². The molecule has 0 amide bonds. The number of ether oxygens (including phenoxy) is 1. The average Bonchev–Trinajstić information content (AvgIpc) is 3.53. The molecule has 0 spiro atoms. The zero-order chi connectivity index (χ0) is 30.0. The van der Waals surface area contributed by atoms with Gasteiger partial charge in [-0.2, -0.15) is 0 Å². The van der Waals surface area contributed by atoms with Crippen molar-refractivity contribution in [2.45, 2.75) is 19.9 Å². The second-order valence-corrected chi connectivity index (χ2v) is 13.9. The zero-order valence-corrected chi connectivity index (χ0v) is 25.9. The Morgan fingerprint density at radius 3 is 2.63 bits per heavy atom. The number of nitrogens with one attached hydrogen (secondary N) is 1. The number of carboxylic acid groups (broad SMARTS) is 1. The van der Waals surface area contributed by atoms with E-state index in [2.05, 4.69) is 34.3 Å². The maximum atomic E-state index is 12.4. The van der Waals surface area contributed by atoms with Crippen molar-refractivity contribution >= 4 is 62.9 Å². The third-order valence-electron chi connectivity index (χ3n) is 7.09. The van der Waals surface area contributed by atoms with E-state index < -0.39 is 16.1 Å². The Labute approximate surface area is 255 Å². The van der Waals surface area contributed by atoms with Crippen LogP contribution in [0.5, 0.6) is 5.75 Å². The molecule has 0 unspecified atom stereocenters. The predicted molar refractivity (Wildman–Crippen MR) is 165 cm³/mol. The Kier molecular flexibility index (Phi) is 8.34. The van der Waals surface area contributed by atoms with Gasteiger partial charge in [0.2, 0.25) is 0 Å². The minimum absolute atomic E-state index is 0.147. The van der Waals surface area contributed by atoms with E-state index in [1.807, 2.05) is 66.7 Å². The topological polar surface area (TPSA) is 112 Å². The van der Waals surface area contributed by atoms with E-state index in [0.717, 1.165) is 36.2 Å². The first-order valence-electron chi connectivity index (χ1n) is 13.9. The molecular weight excluding hydrogens is 633 g/mol. The summed E-state index contributed by atoms with van der Waals surface area (Å²) in [7, 11) is -3.74. The molecular formula is C32H29N3O6SSe. The van der Waals surface area contributed by atoms with E-state index in [9.17, 15) is 18.3 Å². The standard InChI is InChI=1S/C32H29N3O6SSe/c1-2-33-41-42(38,39)18-8-17-34-30(43-28-16-14-23-11-6-7-12-25(23)32(28)34)20-29-35(21-31(36)37)26-19-24(13-15-27(26)40-29)22-9-4-3-5-10-22/h3-7,9-16,19-20,33H,2,8,17-18,21H2,1H3. The molecule has 9 nitrogen and oxygen atoms in total. The van der Waals surface area contributed by atoms with Crippen LogP contribution in [0.4, 0.5) is 5.69 Å². The van der Waals surface area contributed by atoms with Gasteiger partial charge in [-0.25, -0.2) is 0 Å². The fourth-order valence-corrected chi connectivity index (χ4v) is 8.45. The Bertz CT molecular complexity index is 1960. The van der Waals surface area contributed by atoms with Gasteiger partial charge in [0.05, 0.1) is 0 Å². The van der Waals surface area contributed by atoms with Crippen LogP contribution in [0.3, 0.4) is 0 Å². The molecule has 1 aliphatic heterocycles. The van der Waals surface area contributed by atoms with Gasteiger partial charge in [-0.1, -0.05) is 0 Å². The number of carbonyl (C=O) groups excluding carboxylic acids is 1. The van der Waals surface area contributed by atoms with Gasteiger partial charge in [0.1, 0.15) is 0 Å². The predicted octanol–water partition coefficient (Wildman–Crippen LogP) is 3.21. The molecule has 220 valence electrons. The Morgan fingerprint density at radius 2 is 1.84 bits per heavy atom. The van der Waals surface area contributed by atoms with Crippen molar-refractivity contribution in [1.82, 2.24) is 5.48 Å². The number of hydroxylamine groups is 1. The van der Waals surface area contributed by atoms with E-state index in [1.54, 1.807) is 11.8 Å². The molecule has 1 aromatic heterocycles. The number of rotatable bonds is 11. The van der Waals surface area contributed by atoms with Crippen molar-refractivity contribution in [2.75, 3.05) is 23.7 Å². The molecule has 0 fully saturated rings. The molecule has 4 aromatic carbocycles. The molecule has 0 radical (unpaired) electrons. The van der Waals surface area contributed by atoms with Crippen LogP contribution in [0, 0.1) is 0 Å². The summed E-state index contributed by atoms with van der Waals surface area (Å²) < 4.78 is 40.1.